The lowest BCUT2D eigenvalue weighted by molar-refractivity contribution is 0.0396. The minimum atomic E-state index is -0.684. The Hall–Kier alpha value is -1.37. The smallest absolute Gasteiger partial charge is 0.411 e. The Morgan fingerprint density at radius 2 is 1.48 bits per heavy atom. The van der Waals surface area contributed by atoms with Crippen LogP contribution in [-0.2, 0) is 17.6 Å². The summed E-state index contributed by atoms with van der Waals surface area (Å²) < 4.78 is 7.57. The summed E-state index contributed by atoms with van der Waals surface area (Å²) in [7, 11) is 0. The van der Waals surface area contributed by atoms with Gasteiger partial charge in [0.05, 0.1) is 0 Å². The van der Waals surface area contributed by atoms with E-state index in [0.29, 0.717) is 13.0 Å². The van der Waals surface area contributed by atoms with Gasteiger partial charge < -0.3 is 9.64 Å². The maximum absolute atomic E-state index is 12.7. The normalized spacial score (nSPS) is 12.5. The molecule has 4 nitrogen and oxygen atoms in total. The average Bonchev–Trinajstić information content (AvgIpc) is 2.57. The number of nitrogens with zero attached hydrogens (tertiary/aromatic N) is 1. The second-order valence-corrected chi connectivity index (χ2v) is 9.28. The van der Waals surface area contributed by atoms with Crippen LogP contribution in [0.15, 0.2) is 57.5 Å². The Labute approximate surface area is 178 Å². The Morgan fingerprint density at radius 1 is 1.00 bits per heavy atom. The molecule has 2 aromatic rings. The maximum Gasteiger partial charge on any atom is 0.411 e. The Bertz CT molecular complexity index is 740. The van der Waals surface area contributed by atoms with Crippen molar-refractivity contribution in [3.8, 4) is 0 Å². The molecule has 1 atom stereocenters. The van der Waals surface area contributed by atoms with Crippen molar-refractivity contribution in [1.29, 1.82) is 0 Å². The summed E-state index contributed by atoms with van der Waals surface area (Å²) in [4.78, 5) is 14.5. The minimum absolute atomic E-state index is 0.357. The first-order chi connectivity index (χ1) is 12.6. The third-order valence-corrected chi connectivity index (χ3v) is 5.23. The zero-order valence-corrected chi connectivity index (χ0v) is 19.1. The fraction of sp³-hybridized carbons (Fsp3) is 0.381. The molecule has 6 heteroatoms. The third-order valence-electron chi connectivity index (χ3n) is 4.17. The van der Waals surface area contributed by atoms with Crippen molar-refractivity contribution in [2.24, 2.45) is 5.73 Å². The molecule has 2 N–H and O–H groups in total. The lowest BCUT2D eigenvalue weighted by Gasteiger charge is -2.35. The molecule has 0 aromatic heterocycles. The van der Waals surface area contributed by atoms with E-state index in [1.54, 1.807) is 4.90 Å². The van der Waals surface area contributed by atoms with Crippen LogP contribution in [0.4, 0.5) is 4.79 Å². The van der Waals surface area contributed by atoms with E-state index in [1.807, 2.05) is 57.2 Å². The molecule has 0 spiro atoms. The van der Waals surface area contributed by atoms with Crippen molar-refractivity contribution in [2.45, 2.75) is 45.4 Å². The summed E-state index contributed by atoms with van der Waals surface area (Å²) in [5.41, 5.74) is 7.90. The Morgan fingerprint density at radius 3 is 1.96 bits per heavy atom. The molecule has 1 amide bonds. The molecule has 0 saturated heterocycles. The van der Waals surface area contributed by atoms with Crippen molar-refractivity contribution in [3.63, 3.8) is 0 Å². The Balaban J connectivity index is 1.96. The van der Waals surface area contributed by atoms with Gasteiger partial charge in [-0.2, -0.15) is 0 Å². The molecule has 0 aliphatic heterocycles. The van der Waals surface area contributed by atoms with Crippen molar-refractivity contribution in [2.75, 3.05) is 6.54 Å². The molecule has 1 unspecified atom stereocenters. The predicted octanol–water partition coefficient (Wildman–Crippen LogP) is 5.52. The fourth-order valence-corrected chi connectivity index (χ4v) is 3.21. The van der Waals surface area contributed by atoms with Gasteiger partial charge in [-0.05, 0) is 62.6 Å². The molecule has 0 aliphatic carbocycles. The number of benzene rings is 2. The number of halogens is 2. The van der Waals surface area contributed by atoms with Crippen LogP contribution in [0.5, 0.6) is 0 Å². The van der Waals surface area contributed by atoms with Crippen LogP contribution >= 0.6 is 31.9 Å². The van der Waals surface area contributed by atoms with Gasteiger partial charge in [0.1, 0.15) is 0 Å². The average molecular weight is 498 g/mol. The van der Waals surface area contributed by atoms with Crippen LogP contribution in [0.2, 0.25) is 0 Å². The summed E-state index contributed by atoms with van der Waals surface area (Å²) in [6, 6.07) is 15.9. The first-order valence-electron chi connectivity index (χ1n) is 8.88. The first-order valence-corrected chi connectivity index (χ1v) is 10.5. The number of hydrogen-bond donors (Lipinski definition) is 1. The van der Waals surface area contributed by atoms with E-state index < -0.39 is 6.23 Å². The molecule has 0 bridgehead atoms. The molecule has 0 heterocycles. The molecule has 27 heavy (non-hydrogen) atoms. The quantitative estimate of drug-likeness (QED) is 0.534. The topological polar surface area (TPSA) is 55.6 Å². The van der Waals surface area contributed by atoms with Gasteiger partial charge in [-0.25, -0.2) is 4.79 Å². The fourth-order valence-electron chi connectivity index (χ4n) is 2.68. The molecule has 0 fully saturated rings. The minimum Gasteiger partial charge on any atom is -0.430 e. The monoisotopic (exact) mass is 496 g/mol. The molecule has 0 radical (unpaired) electrons. The molecular formula is C21H26Br2N2O2. The standard InChI is InChI=1S/C21H26Br2N2O2/c1-21(2,3)25(13-12-15-4-8-17(22)9-5-15)20(26)27-19(24)14-16-6-10-18(23)11-7-16/h4-11,19H,12-14,24H2,1-3H3. The second kappa shape index (κ2) is 9.71. The van der Waals surface area contributed by atoms with Crippen molar-refractivity contribution < 1.29 is 9.53 Å². The van der Waals surface area contributed by atoms with E-state index in [0.717, 1.165) is 20.9 Å². The zero-order valence-electron chi connectivity index (χ0n) is 15.9. The van der Waals surface area contributed by atoms with Gasteiger partial charge in [0.2, 0.25) is 0 Å². The molecule has 0 aliphatic rings. The van der Waals surface area contributed by atoms with Gasteiger partial charge in [0.25, 0.3) is 0 Å². The molecular weight excluding hydrogens is 472 g/mol. The lowest BCUT2D eigenvalue weighted by Crippen LogP contribution is -2.49. The third kappa shape index (κ3) is 7.28. The number of hydrogen-bond acceptors (Lipinski definition) is 3. The maximum atomic E-state index is 12.7. The number of carbonyl (C=O) groups excluding carboxylic acids is 1. The van der Waals surface area contributed by atoms with Crippen LogP contribution in [0.1, 0.15) is 31.9 Å². The van der Waals surface area contributed by atoms with E-state index in [4.69, 9.17) is 10.5 Å². The highest BCUT2D eigenvalue weighted by molar-refractivity contribution is 9.10. The van der Waals surface area contributed by atoms with Crippen LogP contribution in [0.3, 0.4) is 0 Å². The number of carbonyl (C=O) groups is 1. The summed E-state index contributed by atoms with van der Waals surface area (Å²) in [6.07, 6.45) is 0.158. The summed E-state index contributed by atoms with van der Waals surface area (Å²) in [6.45, 7) is 6.55. The van der Waals surface area contributed by atoms with Crippen molar-refractivity contribution in [1.82, 2.24) is 4.90 Å². The lowest BCUT2D eigenvalue weighted by atomic mass is 10.1. The number of ether oxygens (including phenoxy) is 1. The van der Waals surface area contributed by atoms with Crippen LogP contribution < -0.4 is 5.73 Å². The second-order valence-electron chi connectivity index (χ2n) is 7.45. The van der Waals surface area contributed by atoms with Gasteiger partial charge in [0.15, 0.2) is 6.23 Å². The molecule has 146 valence electrons. The zero-order chi connectivity index (χ0) is 20.0. The van der Waals surface area contributed by atoms with E-state index >= 15 is 0 Å². The van der Waals surface area contributed by atoms with Gasteiger partial charge in [-0.15, -0.1) is 0 Å². The van der Waals surface area contributed by atoms with Gasteiger partial charge in [-0.3, -0.25) is 5.73 Å². The van der Waals surface area contributed by atoms with Crippen LogP contribution in [0, 0.1) is 0 Å². The Kier molecular flexibility index (Phi) is 7.89. The highest BCUT2D eigenvalue weighted by Crippen LogP contribution is 2.18. The molecule has 0 saturated carbocycles. The van der Waals surface area contributed by atoms with Gasteiger partial charge in [0, 0.05) is 27.4 Å². The van der Waals surface area contributed by atoms with Gasteiger partial charge in [-0.1, -0.05) is 56.1 Å². The number of rotatable bonds is 6. The van der Waals surface area contributed by atoms with Crippen molar-refractivity contribution >= 4 is 38.0 Å². The van der Waals surface area contributed by atoms with E-state index in [9.17, 15) is 4.79 Å². The van der Waals surface area contributed by atoms with Crippen LogP contribution in [-0.4, -0.2) is 29.3 Å². The first kappa shape index (κ1) is 21.9. The van der Waals surface area contributed by atoms with Crippen LogP contribution in [0.25, 0.3) is 0 Å². The largest absolute Gasteiger partial charge is 0.430 e. The van der Waals surface area contributed by atoms with E-state index in [-0.39, 0.29) is 11.6 Å². The number of amides is 1. The summed E-state index contributed by atoms with van der Waals surface area (Å²) in [5.74, 6) is 0. The van der Waals surface area contributed by atoms with E-state index in [2.05, 4.69) is 44.0 Å². The highest BCUT2D eigenvalue weighted by atomic mass is 79.9. The highest BCUT2D eigenvalue weighted by Gasteiger charge is 2.28. The van der Waals surface area contributed by atoms with E-state index in [1.165, 1.54) is 5.56 Å². The van der Waals surface area contributed by atoms with Crippen molar-refractivity contribution in [3.05, 3.63) is 68.6 Å². The summed E-state index contributed by atoms with van der Waals surface area (Å²) in [5, 5.41) is 0. The molecule has 2 rings (SSSR count). The summed E-state index contributed by atoms with van der Waals surface area (Å²) >= 11 is 6.84. The van der Waals surface area contributed by atoms with Gasteiger partial charge >= 0.3 is 6.09 Å². The predicted molar refractivity (Wildman–Crippen MR) is 117 cm³/mol. The molecule has 2 aromatic carbocycles. The number of nitrogens with two attached hydrogens (primary N) is 1. The SMILES string of the molecule is CC(C)(C)N(CCc1ccc(Br)cc1)C(=O)OC(N)Cc1ccc(Br)cc1.